The van der Waals surface area contributed by atoms with Crippen LogP contribution in [0, 0.1) is 0 Å². The highest BCUT2D eigenvalue weighted by molar-refractivity contribution is 5.70. The fraction of sp³-hybridized carbons (Fsp3) is 0.827. The van der Waals surface area contributed by atoms with Gasteiger partial charge < -0.3 is 33.3 Å². The van der Waals surface area contributed by atoms with Gasteiger partial charge in [0.1, 0.15) is 13.2 Å². The Labute approximate surface area is 520 Å². The molecular formula is C75H137NO8. The van der Waals surface area contributed by atoms with Crippen LogP contribution in [0.15, 0.2) is 60.8 Å². The van der Waals surface area contributed by atoms with Gasteiger partial charge in [-0.3, -0.25) is 9.59 Å². The Kier molecular flexibility index (Phi) is 63.6. The first-order valence-corrected chi connectivity index (χ1v) is 35.9. The van der Waals surface area contributed by atoms with Gasteiger partial charge in [-0.1, -0.05) is 331 Å². The number of hydrogen-bond acceptors (Lipinski definition) is 8. The first-order valence-electron chi connectivity index (χ1n) is 35.9. The molecule has 0 amide bonds. The quantitative estimate of drug-likeness (QED) is 0.0195. The van der Waals surface area contributed by atoms with Crippen LogP contribution in [0.2, 0.25) is 0 Å². The molecule has 0 aliphatic rings. The Morgan fingerprint density at radius 3 is 1.01 bits per heavy atom. The molecule has 84 heavy (non-hydrogen) atoms. The van der Waals surface area contributed by atoms with E-state index in [1.807, 2.05) is 21.1 Å². The lowest BCUT2D eigenvalue weighted by Gasteiger charge is -2.26. The number of esters is 2. The maximum Gasteiger partial charge on any atom is 0.306 e. The molecule has 0 spiro atoms. The molecule has 0 heterocycles. The molecule has 0 saturated heterocycles. The second kappa shape index (κ2) is 66.0. The van der Waals surface area contributed by atoms with Crippen LogP contribution in [-0.2, 0) is 33.3 Å². The molecule has 0 aromatic carbocycles. The Morgan fingerprint density at radius 2 is 0.679 bits per heavy atom. The third-order valence-corrected chi connectivity index (χ3v) is 16.0. The zero-order valence-corrected chi connectivity index (χ0v) is 56.0. The second-order valence-corrected chi connectivity index (χ2v) is 25.5. The predicted octanol–water partition coefficient (Wildman–Crippen LogP) is 21.0. The summed E-state index contributed by atoms with van der Waals surface area (Å²) in [6, 6.07) is 0. The Bertz CT molecular complexity index is 1560. The van der Waals surface area contributed by atoms with E-state index in [1.54, 1.807) is 0 Å². The summed E-state index contributed by atoms with van der Waals surface area (Å²) in [6.07, 6.45) is 83.1. The molecule has 0 bridgehead atoms. The van der Waals surface area contributed by atoms with E-state index in [0.717, 1.165) is 70.6 Å². The molecule has 0 saturated carbocycles. The molecular weight excluding hydrogens is 1040 g/mol. The Morgan fingerprint density at radius 1 is 0.369 bits per heavy atom. The minimum absolute atomic E-state index is 0.148. The van der Waals surface area contributed by atoms with Gasteiger partial charge in [-0.2, -0.15) is 0 Å². The van der Waals surface area contributed by atoms with Crippen LogP contribution in [0.5, 0.6) is 0 Å². The number of ether oxygens (including phenoxy) is 4. The predicted molar refractivity (Wildman–Crippen MR) is 357 cm³/mol. The Hall–Kier alpha value is -3.01. The van der Waals surface area contributed by atoms with Crippen molar-refractivity contribution in [1.29, 1.82) is 0 Å². The molecule has 0 fully saturated rings. The van der Waals surface area contributed by atoms with Gasteiger partial charge in [0.2, 0.25) is 0 Å². The normalized spacial score (nSPS) is 13.0. The third-order valence-electron chi connectivity index (χ3n) is 16.0. The van der Waals surface area contributed by atoms with Crippen molar-refractivity contribution < 1.29 is 42.9 Å². The molecule has 0 aliphatic carbocycles. The average molecular weight is 1180 g/mol. The fourth-order valence-electron chi connectivity index (χ4n) is 10.6. The summed E-state index contributed by atoms with van der Waals surface area (Å²) < 4.78 is 22.8. The number of aliphatic carboxylic acids is 1. The van der Waals surface area contributed by atoms with Crippen LogP contribution in [0.1, 0.15) is 341 Å². The van der Waals surface area contributed by atoms with Crippen LogP contribution in [0.25, 0.3) is 0 Å². The zero-order chi connectivity index (χ0) is 61.2. The van der Waals surface area contributed by atoms with Crippen molar-refractivity contribution in [2.24, 2.45) is 0 Å². The third kappa shape index (κ3) is 66.5. The maximum absolute atomic E-state index is 12.9. The fourth-order valence-corrected chi connectivity index (χ4v) is 10.6. The number of allylic oxidation sites excluding steroid dienone is 10. The van der Waals surface area contributed by atoms with E-state index < -0.39 is 24.3 Å². The molecule has 0 aromatic rings. The van der Waals surface area contributed by atoms with Gasteiger partial charge in [0.25, 0.3) is 0 Å². The van der Waals surface area contributed by atoms with Gasteiger partial charge in [0, 0.05) is 12.8 Å². The second-order valence-electron chi connectivity index (χ2n) is 25.5. The van der Waals surface area contributed by atoms with E-state index in [0.29, 0.717) is 23.9 Å². The number of carboxylic acids is 1. The van der Waals surface area contributed by atoms with Gasteiger partial charge in [0.05, 0.1) is 40.3 Å². The first kappa shape index (κ1) is 81.0. The molecule has 2 unspecified atom stereocenters. The highest BCUT2D eigenvalue weighted by Crippen LogP contribution is 2.19. The summed E-state index contributed by atoms with van der Waals surface area (Å²) >= 11 is 0. The summed E-state index contributed by atoms with van der Waals surface area (Å²) in [4.78, 5) is 37.5. The molecule has 0 aliphatic heterocycles. The summed E-state index contributed by atoms with van der Waals surface area (Å²) in [6.45, 7) is 4.69. The highest BCUT2D eigenvalue weighted by atomic mass is 16.7. The standard InChI is InChI=1S/C75H137NO8/c1-6-8-10-12-14-16-18-20-22-24-26-28-30-32-34-36-38-39-41-43-45-47-49-51-53-55-57-59-61-63-65-72(77)82-69-71(70-83-75(74(79)80)81-68-67-76(3,4)5)84-73(78)66-64-62-60-58-56-54-52-50-48-46-44-42-40-37-35-33-31-29-27-25-23-21-19-17-15-13-11-9-7-2/h9,11,15,17,21,23,27,29,33,35,71,75H,6-8,10,12-14,16,18-20,22,24-26,28,30-32,34,36-70H2,1-5H3/b11-9-,17-15-,23-21-,29-27-,35-33-. The molecule has 9 heteroatoms. The Balaban J connectivity index is 4.07. The maximum atomic E-state index is 12.9. The van der Waals surface area contributed by atoms with Crippen molar-refractivity contribution in [2.75, 3.05) is 47.5 Å². The molecule has 2 atom stereocenters. The number of carboxylic acid groups (broad SMARTS) is 1. The van der Waals surface area contributed by atoms with E-state index in [1.165, 1.54) is 238 Å². The average Bonchev–Trinajstić information content (AvgIpc) is 3.55. The molecule has 0 radical (unpaired) electrons. The van der Waals surface area contributed by atoms with Gasteiger partial charge >= 0.3 is 11.9 Å². The van der Waals surface area contributed by atoms with Crippen LogP contribution in [0.3, 0.4) is 0 Å². The highest BCUT2D eigenvalue weighted by Gasteiger charge is 2.22. The molecule has 0 rings (SSSR count). The lowest BCUT2D eigenvalue weighted by molar-refractivity contribution is -0.870. The number of carbonyl (C=O) groups is 3. The minimum Gasteiger partial charge on any atom is -0.545 e. The zero-order valence-electron chi connectivity index (χ0n) is 56.0. The van der Waals surface area contributed by atoms with Gasteiger partial charge in [-0.15, -0.1) is 0 Å². The lowest BCUT2D eigenvalue weighted by Crippen LogP contribution is -2.44. The number of likely N-dealkylation sites (N-methyl/N-ethyl adjacent to an activating group) is 1. The summed E-state index contributed by atoms with van der Waals surface area (Å²) in [5.41, 5.74) is 0. The summed E-state index contributed by atoms with van der Waals surface area (Å²) in [7, 11) is 5.94. The molecule has 9 nitrogen and oxygen atoms in total. The lowest BCUT2D eigenvalue weighted by atomic mass is 10.0. The number of rotatable bonds is 67. The van der Waals surface area contributed by atoms with Crippen molar-refractivity contribution >= 4 is 17.9 Å². The van der Waals surface area contributed by atoms with Crippen molar-refractivity contribution in [3.63, 3.8) is 0 Å². The number of nitrogens with zero attached hydrogens (tertiary/aromatic N) is 1. The first-order chi connectivity index (χ1) is 41.1. The van der Waals surface area contributed by atoms with Gasteiger partial charge in [0.15, 0.2) is 12.4 Å². The van der Waals surface area contributed by atoms with Crippen molar-refractivity contribution in [2.45, 2.75) is 354 Å². The molecule has 0 aromatic heterocycles. The number of carbonyl (C=O) groups excluding carboxylic acids is 3. The summed E-state index contributed by atoms with van der Waals surface area (Å²) in [5.74, 6) is -2.26. The largest absolute Gasteiger partial charge is 0.545 e. The molecule has 0 N–H and O–H groups in total. The number of unbranched alkanes of at least 4 members (excludes halogenated alkanes) is 42. The van der Waals surface area contributed by atoms with Crippen molar-refractivity contribution in [3.8, 4) is 0 Å². The van der Waals surface area contributed by atoms with Crippen LogP contribution < -0.4 is 5.11 Å². The SMILES string of the molecule is CC/C=C\C/C=C\C/C=C\C/C=C\C/C=C\CCCCCCCCCCCCCCCC(=O)OC(COC(=O)CCCCCCCCCCCCCCCCCCCCCCCCCCCCCCCC)COC(OCC[N+](C)(C)C)C(=O)[O-]. The molecule has 490 valence electrons. The van der Waals surface area contributed by atoms with E-state index in [9.17, 15) is 19.5 Å². The van der Waals surface area contributed by atoms with E-state index >= 15 is 0 Å². The number of hydrogen-bond donors (Lipinski definition) is 0. The van der Waals surface area contributed by atoms with Crippen molar-refractivity contribution in [1.82, 2.24) is 0 Å². The van der Waals surface area contributed by atoms with E-state index in [2.05, 4.69) is 74.6 Å². The van der Waals surface area contributed by atoms with Crippen LogP contribution in [-0.4, -0.2) is 82.3 Å². The topological polar surface area (TPSA) is 111 Å². The van der Waals surface area contributed by atoms with Gasteiger partial charge in [-0.05, 0) is 57.8 Å². The van der Waals surface area contributed by atoms with Crippen LogP contribution >= 0.6 is 0 Å². The monoisotopic (exact) mass is 1180 g/mol. The van der Waals surface area contributed by atoms with Crippen molar-refractivity contribution in [3.05, 3.63) is 60.8 Å². The minimum atomic E-state index is -1.62. The van der Waals surface area contributed by atoms with E-state index in [-0.39, 0.29) is 32.2 Å². The van der Waals surface area contributed by atoms with Crippen LogP contribution in [0.4, 0.5) is 0 Å². The van der Waals surface area contributed by atoms with E-state index in [4.69, 9.17) is 18.9 Å². The van der Waals surface area contributed by atoms with Gasteiger partial charge in [-0.25, -0.2) is 0 Å². The summed E-state index contributed by atoms with van der Waals surface area (Å²) in [5, 5.41) is 11.8. The number of quaternary nitrogens is 1. The smallest absolute Gasteiger partial charge is 0.306 e.